The van der Waals surface area contributed by atoms with Gasteiger partial charge >= 0.3 is 0 Å². The minimum absolute atomic E-state index is 0.721. The fourth-order valence-corrected chi connectivity index (χ4v) is 0.888. The Kier molecular flexibility index (Phi) is 2.27. The maximum Gasteiger partial charge on any atom is 0.0753 e. The number of hydrogen-bond donors (Lipinski definition) is 0. The highest BCUT2D eigenvalue weighted by Crippen LogP contribution is 2.21. The zero-order valence-corrected chi connectivity index (χ0v) is 6.70. The second-order valence-electron chi connectivity index (χ2n) is 2.96. The van der Waals surface area contributed by atoms with Crippen molar-refractivity contribution in [2.45, 2.75) is 19.4 Å². The normalized spacial score (nSPS) is 11.5. The Bertz CT molecular complexity index is 216. The predicted molar refractivity (Wildman–Crippen MR) is 40.6 cm³/mol. The van der Waals surface area contributed by atoms with Crippen LogP contribution >= 0.6 is 0 Å². The van der Waals surface area contributed by atoms with Crippen molar-refractivity contribution in [3.05, 3.63) is 35.9 Å². The summed E-state index contributed by atoms with van der Waals surface area (Å²) in [5.41, 5.74) is 0.177. The maximum absolute atomic E-state index is 10.3. The molecule has 0 N–H and O–H groups in total. The van der Waals surface area contributed by atoms with Gasteiger partial charge in [0.2, 0.25) is 0 Å². The van der Waals surface area contributed by atoms with Crippen LogP contribution in [0.3, 0.4) is 0 Å². The van der Waals surface area contributed by atoms with Gasteiger partial charge < -0.3 is 10.1 Å². The Hall–Kier alpha value is -0.860. The topological polar surface area (TPSA) is 32.3 Å². The lowest BCUT2D eigenvalue weighted by atomic mass is 9.99. The van der Waals surface area contributed by atoms with E-state index in [0.717, 1.165) is 5.56 Å². The van der Waals surface area contributed by atoms with Crippen LogP contribution in [-0.2, 0) is 10.5 Å². The van der Waals surface area contributed by atoms with Crippen molar-refractivity contribution in [2.75, 3.05) is 0 Å². The van der Waals surface area contributed by atoms with Crippen LogP contribution in [0.5, 0.6) is 0 Å². The van der Waals surface area contributed by atoms with Crippen LogP contribution in [0.2, 0.25) is 0 Å². The lowest BCUT2D eigenvalue weighted by Crippen LogP contribution is -2.27. The molecule has 0 bridgehead atoms. The second-order valence-corrected chi connectivity index (χ2v) is 2.96. The zero-order chi connectivity index (χ0) is 8.32. The van der Waals surface area contributed by atoms with Gasteiger partial charge in [0, 0.05) is 0 Å². The third kappa shape index (κ3) is 1.79. The quantitative estimate of drug-likeness (QED) is 0.470. The molecule has 1 aromatic rings. The Balaban J connectivity index is 2.93. The molecule has 0 amide bonds. The van der Waals surface area contributed by atoms with Gasteiger partial charge in [-0.3, -0.25) is 0 Å². The summed E-state index contributed by atoms with van der Waals surface area (Å²) in [5, 5.41) is 10.3. The number of rotatable bonds is 2. The van der Waals surface area contributed by atoms with Crippen molar-refractivity contribution in [1.29, 1.82) is 0 Å². The third-order valence-electron chi connectivity index (χ3n) is 1.68. The summed E-state index contributed by atoms with van der Waals surface area (Å²) in [4.78, 5) is 4.07. The Morgan fingerprint density at radius 2 is 1.73 bits per heavy atom. The molecule has 0 heterocycles. The molecule has 0 aromatic heterocycles. The molecule has 0 spiro atoms. The monoisotopic (exact) mass is 151 g/mol. The average molecular weight is 151 g/mol. The predicted octanol–water partition coefficient (Wildman–Crippen LogP) is 1.21. The molecule has 0 aliphatic heterocycles. The minimum atomic E-state index is -0.721. The molecular formula is C9H11O2-. The number of hydrogen-bond acceptors (Lipinski definition) is 2. The molecule has 0 saturated carbocycles. The molecule has 1 rings (SSSR count). The van der Waals surface area contributed by atoms with Crippen molar-refractivity contribution in [1.82, 2.24) is 0 Å². The van der Waals surface area contributed by atoms with Crippen LogP contribution < -0.4 is 5.26 Å². The molecule has 0 saturated heterocycles. The van der Waals surface area contributed by atoms with Crippen LogP contribution in [0, 0.1) is 0 Å². The van der Waals surface area contributed by atoms with Crippen LogP contribution in [0.25, 0.3) is 0 Å². The molecule has 60 valence electrons. The highest BCUT2D eigenvalue weighted by Gasteiger charge is 2.15. The molecule has 0 atom stereocenters. The first-order chi connectivity index (χ1) is 5.17. The van der Waals surface area contributed by atoms with Gasteiger partial charge in [0.25, 0.3) is 0 Å². The standard InChI is InChI=1S/C9H12O2/c1-9(2,11-10)8-6-4-3-5-7-8/h3-7,10H,1-2H3/p-1. The molecular weight excluding hydrogens is 140 g/mol. The molecule has 0 aliphatic carbocycles. The van der Waals surface area contributed by atoms with Crippen molar-refractivity contribution in [3.8, 4) is 0 Å². The van der Waals surface area contributed by atoms with E-state index in [4.69, 9.17) is 0 Å². The third-order valence-corrected chi connectivity index (χ3v) is 1.68. The molecule has 11 heavy (non-hydrogen) atoms. The summed E-state index contributed by atoms with van der Waals surface area (Å²) in [6, 6.07) is 9.42. The summed E-state index contributed by atoms with van der Waals surface area (Å²) < 4.78 is 0. The lowest BCUT2D eigenvalue weighted by molar-refractivity contribution is -0.719. The largest absolute Gasteiger partial charge is 0.723 e. The van der Waals surface area contributed by atoms with E-state index in [-0.39, 0.29) is 0 Å². The van der Waals surface area contributed by atoms with Gasteiger partial charge in [-0.05, 0) is 19.4 Å². The first-order valence-electron chi connectivity index (χ1n) is 3.53. The Morgan fingerprint density at radius 3 is 2.18 bits per heavy atom. The van der Waals surface area contributed by atoms with E-state index in [1.54, 1.807) is 13.8 Å². The lowest BCUT2D eigenvalue weighted by Gasteiger charge is -2.29. The average Bonchev–Trinajstić information content (AvgIpc) is 2.06. The molecule has 0 aliphatic rings. The van der Waals surface area contributed by atoms with Gasteiger partial charge in [-0.2, -0.15) is 0 Å². The Morgan fingerprint density at radius 1 is 1.18 bits per heavy atom. The molecule has 2 nitrogen and oxygen atoms in total. The van der Waals surface area contributed by atoms with E-state index in [1.165, 1.54) is 0 Å². The minimum Gasteiger partial charge on any atom is -0.723 e. The van der Waals surface area contributed by atoms with Gasteiger partial charge in [0.1, 0.15) is 0 Å². The molecule has 0 fully saturated rings. The first kappa shape index (κ1) is 8.24. The van der Waals surface area contributed by atoms with Gasteiger partial charge in [-0.1, -0.05) is 30.3 Å². The zero-order valence-electron chi connectivity index (χ0n) is 6.70. The summed E-state index contributed by atoms with van der Waals surface area (Å²) in [6.07, 6.45) is 0. The van der Waals surface area contributed by atoms with Gasteiger partial charge in [0.05, 0.1) is 5.60 Å². The van der Waals surface area contributed by atoms with Crippen LogP contribution in [0.15, 0.2) is 30.3 Å². The molecule has 0 radical (unpaired) electrons. The van der Waals surface area contributed by atoms with Crippen LogP contribution in [0.4, 0.5) is 0 Å². The molecule has 1 aromatic carbocycles. The highest BCUT2D eigenvalue weighted by molar-refractivity contribution is 5.20. The van der Waals surface area contributed by atoms with Crippen LogP contribution in [0.1, 0.15) is 19.4 Å². The van der Waals surface area contributed by atoms with Crippen molar-refractivity contribution in [3.63, 3.8) is 0 Å². The molecule has 0 unspecified atom stereocenters. The summed E-state index contributed by atoms with van der Waals surface area (Å²) in [6.45, 7) is 3.49. The fraction of sp³-hybridized carbons (Fsp3) is 0.333. The van der Waals surface area contributed by atoms with Crippen molar-refractivity contribution < 1.29 is 10.1 Å². The summed E-state index contributed by atoms with van der Waals surface area (Å²) >= 11 is 0. The maximum atomic E-state index is 10.3. The van der Waals surface area contributed by atoms with E-state index in [2.05, 4.69) is 4.89 Å². The van der Waals surface area contributed by atoms with E-state index in [0.29, 0.717) is 0 Å². The fourth-order valence-electron chi connectivity index (χ4n) is 0.888. The summed E-state index contributed by atoms with van der Waals surface area (Å²) in [5.74, 6) is 0. The van der Waals surface area contributed by atoms with Gasteiger partial charge in [-0.25, -0.2) is 0 Å². The summed E-state index contributed by atoms with van der Waals surface area (Å²) in [7, 11) is 0. The van der Waals surface area contributed by atoms with E-state index in [9.17, 15) is 5.26 Å². The number of benzene rings is 1. The smallest absolute Gasteiger partial charge is 0.0753 e. The first-order valence-corrected chi connectivity index (χ1v) is 3.53. The van der Waals surface area contributed by atoms with Crippen molar-refractivity contribution in [2.24, 2.45) is 0 Å². The Labute approximate surface area is 66.4 Å². The second kappa shape index (κ2) is 3.03. The van der Waals surface area contributed by atoms with E-state index in [1.807, 2.05) is 30.3 Å². The highest BCUT2D eigenvalue weighted by atomic mass is 17.1. The molecule has 2 heteroatoms. The van der Waals surface area contributed by atoms with Crippen LogP contribution in [-0.4, -0.2) is 0 Å². The SMILES string of the molecule is CC(C)(O[O-])c1ccccc1. The van der Waals surface area contributed by atoms with E-state index >= 15 is 0 Å². The van der Waals surface area contributed by atoms with Gasteiger partial charge in [0.15, 0.2) is 0 Å². The van der Waals surface area contributed by atoms with Gasteiger partial charge in [-0.15, -0.1) is 0 Å². The van der Waals surface area contributed by atoms with Crippen molar-refractivity contribution >= 4 is 0 Å². The van der Waals surface area contributed by atoms with E-state index < -0.39 is 5.60 Å².